The summed E-state index contributed by atoms with van der Waals surface area (Å²) in [5.41, 5.74) is 0.843. The second-order valence-corrected chi connectivity index (χ2v) is 1.96. The van der Waals surface area contributed by atoms with Gasteiger partial charge in [-0.1, -0.05) is 18.2 Å². The molecular weight excluding hydrogens is 127 g/mol. The van der Waals surface area contributed by atoms with Crippen LogP contribution in [-0.2, 0) is 0 Å². The van der Waals surface area contributed by atoms with Crippen LogP contribution in [0.2, 0.25) is 0 Å². The summed E-state index contributed by atoms with van der Waals surface area (Å²) in [6.07, 6.45) is 3.39. The first-order valence-corrected chi connectivity index (χ1v) is 3.04. The van der Waals surface area contributed by atoms with E-state index in [2.05, 4.69) is 6.58 Å². The van der Waals surface area contributed by atoms with Crippen molar-refractivity contribution in [2.45, 2.75) is 0 Å². The molecule has 51 valence electrons. The molecule has 0 fully saturated rings. The first-order valence-electron chi connectivity index (χ1n) is 3.04. The predicted octanol–water partition coefficient (Wildman–Crippen LogP) is 2.56. The lowest BCUT2D eigenvalue weighted by atomic mass is 10.1. The van der Waals surface area contributed by atoms with Gasteiger partial charge in [-0.15, -0.1) is 6.58 Å². The minimum Gasteiger partial charge on any atom is -0.207 e. The molecule has 0 saturated heterocycles. The van der Waals surface area contributed by atoms with Crippen LogP contribution < -0.4 is 0 Å². The van der Waals surface area contributed by atoms with Crippen LogP contribution in [0.25, 0.3) is 0 Å². The zero-order chi connectivity index (χ0) is 7.40. The lowest BCUT2D eigenvalue weighted by molar-refractivity contribution is 0.627. The third-order valence-corrected chi connectivity index (χ3v) is 1.16. The Morgan fingerprint density at radius 3 is 2.80 bits per heavy atom. The van der Waals surface area contributed by atoms with Gasteiger partial charge < -0.3 is 0 Å². The Labute approximate surface area is 60.0 Å². The van der Waals surface area contributed by atoms with Gasteiger partial charge >= 0.3 is 0 Å². The van der Waals surface area contributed by atoms with Gasteiger partial charge in [0, 0.05) is 6.42 Å². The molecule has 0 heterocycles. The summed E-state index contributed by atoms with van der Waals surface area (Å²) in [5, 5.41) is 0. The van der Waals surface area contributed by atoms with Gasteiger partial charge in [0.1, 0.15) is 5.82 Å². The van der Waals surface area contributed by atoms with Crippen molar-refractivity contribution in [2.24, 2.45) is 0 Å². The maximum Gasteiger partial charge on any atom is 0.123 e. The van der Waals surface area contributed by atoms with Gasteiger partial charge in [0.05, 0.1) is 0 Å². The highest BCUT2D eigenvalue weighted by Crippen LogP contribution is 2.05. The third-order valence-electron chi connectivity index (χ3n) is 1.16. The van der Waals surface area contributed by atoms with Crippen LogP contribution in [0.1, 0.15) is 5.56 Å². The molecule has 0 atom stereocenters. The van der Waals surface area contributed by atoms with Gasteiger partial charge in [0.2, 0.25) is 0 Å². The van der Waals surface area contributed by atoms with Gasteiger partial charge in [-0.25, -0.2) is 4.39 Å². The Morgan fingerprint density at radius 1 is 1.40 bits per heavy atom. The molecule has 0 N–H and O–H groups in total. The van der Waals surface area contributed by atoms with Gasteiger partial charge in [-0.05, 0) is 17.7 Å². The Hall–Kier alpha value is -1.11. The number of halogens is 1. The Balaban J connectivity index is 2.84. The fourth-order valence-corrected chi connectivity index (χ4v) is 0.746. The Kier molecular flexibility index (Phi) is 2.21. The van der Waals surface area contributed by atoms with Crippen LogP contribution in [0.15, 0.2) is 36.9 Å². The second-order valence-electron chi connectivity index (χ2n) is 1.96. The molecule has 0 aliphatic heterocycles. The molecule has 0 amide bonds. The molecule has 1 aromatic carbocycles. The van der Waals surface area contributed by atoms with Gasteiger partial charge in [0.15, 0.2) is 0 Å². The van der Waals surface area contributed by atoms with Crippen molar-refractivity contribution in [3.8, 4) is 0 Å². The van der Waals surface area contributed by atoms with E-state index in [1.807, 2.05) is 6.07 Å². The van der Waals surface area contributed by atoms with Crippen molar-refractivity contribution in [1.82, 2.24) is 0 Å². The van der Waals surface area contributed by atoms with E-state index in [-0.39, 0.29) is 5.82 Å². The quantitative estimate of drug-likeness (QED) is 0.584. The third kappa shape index (κ3) is 1.69. The summed E-state index contributed by atoms with van der Waals surface area (Å²) < 4.78 is 12.4. The second kappa shape index (κ2) is 3.16. The minimum absolute atomic E-state index is 0.212. The Bertz CT molecular complexity index is 228. The maximum atomic E-state index is 12.4. The number of hydrogen-bond donors (Lipinski definition) is 0. The van der Waals surface area contributed by atoms with Gasteiger partial charge in [-0.3, -0.25) is 0 Å². The zero-order valence-electron chi connectivity index (χ0n) is 5.55. The summed E-state index contributed by atoms with van der Waals surface area (Å²) in [6, 6.07) is 6.37. The Morgan fingerprint density at radius 2 is 2.20 bits per heavy atom. The van der Waals surface area contributed by atoms with Crippen LogP contribution in [-0.4, -0.2) is 0 Å². The number of allylic oxidation sites excluding steroid dienone is 1. The fraction of sp³-hybridized carbons (Fsp3) is 0. The summed E-state index contributed by atoms with van der Waals surface area (Å²) in [7, 11) is 0. The van der Waals surface area contributed by atoms with E-state index >= 15 is 0 Å². The molecule has 0 aliphatic rings. The van der Waals surface area contributed by atoms with Crippen molar-refractivity contribution in [2.75, 3.05) is 0 Å². The molecule has 10 heavy (non-hydrogen) atoms. The summed E-state index contributed by atoms with van der Waals surface area (Å²) in [4.78, 5) is 0. The molecule has 1 radical (unpaired) electrons. The van der Waals surface area contributed by atoms with E-state index in [1.165, 1.54) is 12.1 Å². The van der Waals surface area contributed by atoms with Gasteiger partial charge in [0.25, 0.3) is 0 Å². The number of benzene rings is 1. The minimum atomic E-state index is -0.212. The lowest BCUT2D eigenvalue weighted by Gasteiger charge is -1.93. The summed E-state index contributed by atoms with van der Waals surface area (Å²) in [5.74, 6) is -0.212. The topological polar surface area (TPSA) is 0 Å². The van der Waals surface area contributed by atoms with Gasteiger partial charge in [-0.2, -0.15) is 0 Å². The zero-order valence-corrected chi connectivity index (χ0v) is 5.55. The smallest absolute Gasteiger partial charge is 0.123 e. The molecule has 0 saturated carbocycles. The largest absolute Gasteiger partial charge is 0.207 e. The molecule has 1 rings (SSSR count). The average molecular weight is 135 g/mol. The lowest BCUT2D eigenvalue weighted by Crippen LogP contribution is -1.78. The molecule has 0 unspecified atom stereocenters. The van der Waals surface area contributed by atoms with E-state index in [1.54, 1.807) is 18.6 Å². The SMILES string of the molecule is C=C[CH]c1cccc(F)c1. The highest BCUT2D eigenvalue weighted by atomic mass is 19.1. The fourth-order valence-electron chi connectivity index (χ4n) is 0.746. The van der Waals surface area contributed by atoms with Crippen LogP contribution >= 0.6 is 0 Å². The maximum absolute atomic E-state index is 12.4. The summed E-state index contributed by atoms with van der Waals surface area (Å²) in [6.45, 7) is 3.51. The van der Waals surface area contributed by atoms with E-state index in [9.17, 15) is 4.39 Å². The molecule has 0 nitrogen and oxygen atoms in total. The van der Waals surface area contributed by atoms with Crippen molar-refractivity contribution >= 4 is 0 Å². The van der Waals surface area contributed by atoms with E-state index < -0.39 is 0 Å². The molecule has 0 aliphatic carbocycles. The standard InChI is InChI=1S/C9H8F/c1-2-4-8-5-3-6-9(10)7-8/h2-7H,1H2. The van der Waals surface area contributed by atoms with Crippen molar-refractivity contribution < 1.29 is 4.39 Å². The first-order chi connectivity index (χ1) is 4.83. The molecule has 0 bridgehead atoms. The monoisotopic (exact) mass is 135 g/mol. The van der Waals surface area contributed by atoms with Crippen LogP contribution in [0.4, 0.5) is 4.39 Å². The highest BCUT2D eigenvalue weighted by Gasteiger charge is 1.90. The first kappa shape index (κ1) is 7.00. The highest BCUT2D eigenvalue weighted by molar-refractivity contribution is 5.27. The summed E-state index contributed by atoms with van der Waals surface area (Å²) >= 11 is 0. The van der Waals surface area contributed by atoms with Crippen LogP contribution in [0.5, 0.6) is 0 Å². The van der Waals surface area contributed by atoms with Crippen LogP contribution in [0, 0.1) is 12.2 Å². The van der Waals surface area contributed by atoms with Crippen molar-refractivity contribution in [3.63, 3.8) is 0 Å². The van der Waals surface area contributed by atoms with Crippen molar-refractivity contribution in [3.05, 3.63) is 54.7 Å². The van der Waals surface area contributed by atoms with Crippen LogP contribution in [0.3, 0.4) is 0 Å². The predicted molar refractivity (Wildman–Crippen MR) is 40.0 cm³/mol. The van der Waals surface area contributed by atoms with E-state index in [0.717, 1.165) is 5.56 Å². The average Bonchev–Trinajstić information content (AvgIpc) is 1.88. The molecular formula is C9H8F. The molecule has 1 aromatic rings. The molecule has 1 heteroatoms. The normalized spacial score (nSPS) is 9.30. The van der Waals surface area contributed by atoms with E-state index in [0.29, 0.717) is 0 Å². The number of hydrogen-bond acceptors (Lipinski definition) is 0. The van der Waals surface area contributed by atoms with Crippen molar-refractivity contribution in [1.29, 1.82) is 0 Å². The molecule has 0 aromatic heterocycles. The van der Waals surface area contributed by atoms with E-state index in [4.69, 9.17) is 0 Å². The molecule has 0 spiro atoms. The number of rotatable bonds is 2.